The van der Waals surface area contributed by atoms with Crippen LogP contribution in [0.4, 0.5) is 0 Å². The average Bonchev–Trinajstić information content (AvgIpc) is 3.04. The van der Waals surface area contributed by atoms with Crippen LogP contribution in [0, 0.1) is 33.5 Å². The van der Waals surface area contributed by atoms with E-state index in [2.05, 4.69) is 17.1 Å². The summed E-state index contributed by atoms with van der Waals surface area (Å²) in [5.41, 5.74) is 4.26. The summed E-state index contributed by atoms with van der Waals surface area (Å²) in [5, 5.41) is 20.2. The number of hydrogen-bond donors (Lipinski definition) is 2. The molecule has 1 spiro atoms. The molecule has 2 aliphatic heterocycles. The highest BCUT2D eigenvalue weighted by Crippen LogP contribution is 2.80. The first kappa shape index (κ1) is 16.6. The summed E-state index contributed by atoms with van der Waals surface area (Å²) in [6.07, 6.45) is -0.233. The smallest absolute Gasteiger partial charge is 0.343 e. The minimum Gasteiger partial charge on any atom is -0.497 e. The third-order valence-corrected chi connectivity index (χ3v) is 5.64. The van der Waals surface area contributed by atoms with E-state index in [-0.39, 0.29) is 11.9 Å². The second kappa shape index (κ2) is 5.10. The van der Waals surface area contributed by atoms with Crippen molar-refractivity contribution in [3.8, 4) is 23.6 Å². The summed E-state index contributed by atoms with van der Waals surface area (Å²) in [6.45, 7) is 2.14. The predicted octanol–water partition coefficient (Wildman–Crippen LogP) is -0.639. The number of nitrogens with one attached hydrogen (secondary N) is 1. The Morgan fingerprint density at radius 2 is 2.04 bits per heavy atom. The van der Waals surface area contributed by atoms with Crippen molar-refractivity contribution in [1.29, 1.82) is 10.5 Å². The van der Waals surface area contributed by atoms with Gasteiger partial charge in [-0.3, -0.25) is 5.73 Å². The average molecular weight is 355 g/mol. The Labute approximate surface area is 150 Å². The highest BCUT2D eigenvalue weighted by molar-refractivity contribution is 5.95. The number of ether oxygens (including phenoxy) is 4. The highest BCUT2D eigenvalue weighted by atomic mass is 16.8. The van der Waals surface area contributed by atoms with Gasteiger partial charge >= 0.3 is 5.91 Å². The van der Waals surface area contributed by atoms with Crippen LogP contribution in [0.2, 0.25) is 0 Å². The molecule has 134 valence electrons. The standard InChI is InChI=1S/C18H18N4O4/c1-10-7-25-18(26-10)17(9-20)14(16(17,8-19)15(21)22-18)12-6-11(23-2)4-5-13(12)24-3/h4-6,10,14H,7H2,1-3H3,(H2,21,22)/p+1/t10-,14+,16+,17+,18-/m0/s1. The Morgan fingerprint density at radius 3 is 2.58 bits per heavy atom. The second-order valence-corrected chi connectivity index (χ2v) is 6.78. The summed E-state index contributed by atoms with van der Waals surface area (Å²) >= 11 is 0. The molecule has 0 unspecified atom stereocenters. The molecule has 0 aromatic heterocycles. The molecule has 8 heteroatoms. The van der Waals surface area contributed by atoms with Gasteiger partial charge in [0.1, 0.15) is 11.5 Å². The molecule has 0 amide bonds. The first-order valence-corrected chi connectivity index (χ1v) is 8.23. The predicted molar refractivity (Wildman–Crippen MR) is 87.8 cm³/mol. The van der Waals surface area contributed by atoms with E-state index >= 15 is 0 Å². The van der Waals surface area contributed by atoms with Crippen molar-refractivity contribution in [1.82, 2.24) is 0 Å². The zero-order valence-corrected chi connectivity index (χ0v) is 14.7. The van der Waals surface area contributed by atoms with Gasteiger partial charge < -0.3 is 18.9 Å². The van der Waals surface area contributed by atoms with Crippen LogP contribution in [0.25, 0.3) is 0 Å². The molecule has 1 aliphatic carbocycles. The van der Waals surface area contributed by atoms with Gasteiger partial charge in [0.2, 0.25) is 0 Å². The molecule has 8 nitrogen and oxygen atoms in total. The molecular formula is C18H19N4O4+. The third kappa shape index (κ3) is 1.57. The van der Waals surface area contributed by atoms with Gasteiger partial charge in [0.25, 0.3) is 5.84 Å². The van der Waals surface area contributed by atoms with E-state index in [1.54, 1.807) is 25.3 Å². The molecule has 5 atom stereocenters. The summed E-state index contributed by atoms with van der Waals surface area (Å²) in [6, 6.07) is 9.81. The SMILES string of the molecule is COc1ccc(OC)c([C@H]2[C@@]3(C#N)[C@]4([NH+]=C(N)[C@@]23C#N)OC[C@H](C)O4)c1. The molecule has 1 saturated carbocycles. The number of hydrogen-bond acceptors (Lipinski definition) is 7. The van der Waals surface area contributed by atoms with Crippen LogP contribution in [0.1, 0.15) is 18.4 Å². The number of amidine groups is 1. The Balaban J connectivity index is 1.94. The Kier molecular flexibility index (Phi) is 3.27. The van der Waals surface area contributed by atoms with Crippen molar-refractivity contribution >= 4 is 5.84 Å². The lowest BCUT2D eigenvalue weighted by atomic mass is 9.93. The van der Waals surface area contributed by atoms with E-state index in [0.29, 0.717) is 23.7 Å². The second-order valence-electron chi connectivity index (χ2n) is 6.78. The molecule has 0 radical (unpaired) electrons. The minimum absolute atomic E-state index is 0.172. The molecule has 4 rings (SSSR count). The van der Waals surface area contributed by atoms with Crippen molar-refractivity contribution in [2.24, 2.45) is 16.6 Å². The fraction of sp³-hybridized carbons (Fsp3) is 0.500. The molecule has 1 aromatic rings. The van der Waals surface area contributed by atoms with Crippen molar-refractivity contribution in [2.45, 2.75) is 24.9 Å². The van der Waals surface area contributed by atoms with Crippen LogP contribution < -0.4 is 20.2 Å². The molecule has 0 bridgehead atoms. The Morgan fingerprint density at radius 1 is 1.27 bits per heavy atom. The van der Waals surface area contributed by atoms with Gasteiger partial charge in [-0.25, -0.2) is 4.99 Å². The Hall–Kier alpha value is -2.81. The summed E-state index contributed by atoms with van der Waals surface area (Å²) in [4.78, 5) is 2.94. The van der Waals surface area contributed by atoms with Crippen LogP contribution in [0.3, 0.4) is 0 Å². The topological polar surface area (TPSA) is 124 Å². The molecule has 26 heavy (non-hydrogen) atoms. The number of nitriles is 2. The van der Waals surface area contributed by atoms with Crippen molar-refractivity contribution < 1.29 is 23.9 Å². The summed E-state index contributed by atoms with van der Waals surface area (Å²) in [5.74, 6) is -0.732. The van der Waals surface area contributed by atoms with Crippen LogP contribution in [0.5, 0.6) is 11.5 Å². The maximum absolute atomic E-state index is 10.2. The van der Waals surface area contributed by atoms with Crippen LogP contribution in [-0.4, -0.2) is 38.7 Å². The summed E-state index contributed by atoms with van der Waals surface area (Å²) in [7, 11) is 3.08. The van der Waals surface area contributed by atoms with E-state index < -0.39 is 22.7 Å². The first-order chi connectivity index (χ1) is 12.5. The first-order valence-electron chi connectivity index (χ1n) is 8.23. The van der Waals surface area contributed by atoms with E-state index in [4.69, 9.17) is 24.7 Å². The monoisotopic (exact) mass is 355 g/mol. The maximum atomic E-state index is 10.2. The van der Waals surface area contributed by atoms with Crippen LogP contribution in [-0.2, 0) is 9.47 Å². The number of rotatable bonds is 3. The van der Waals surface area contributed by atoms with Crippen molar-refractivity contribution in [2.75, 3.05) is 20.8 Å². The number of fused-ring (bicyclic) bond motifs is 2. The van der Waals surface area contributed by atoms with Gasteiger partial charge in [-0.2, -0.15) is 10.5 Å². The lowest BCUT2D eigenvalue weighted by Gasteiger charge is -2.24. The zero-order valence-electron chi connectivity index (χ0n) is 14.7. The third-order valence-electron chi connectivity index (χ3n) is 5.64. The van der Waals surface area contributed by atoms with Crippen LogP contribution >= 0.6 is 0 Å². The molecule has 3 N–H and O–H groups in total. The van der Waals surface area contributed by atoms with Crippen molar-refractivity contribution in [3.05, 3.63) is 23.8 Å². The molecule has 2 fully saturated rings. The number of nitrogens with zero attached hydrogens (tertiary/aromatic N) is 2. The number of methoxy groups -OCH3 is 2. The van der Waals surface area contributed by atoms with E-state index in [1.165, 1.54) is 7.11 Å². The van der Waals surface area contributed by atoms with E-state index in [9.17, 15) is 10.5 Å². The van der Waals surface area contributed by atoms with Gasteiger partial charge in [0.05, 0.1) is 45.0 Å². The molecule has 3 aliphatic rings. The van der Waals surface area contributed by atoms with Gasteiger partial charge in [-0.05, 0) is 25.1 Å². The molecule has 1 aromatic carbocycles. The molecule has 2 heterocycles. The van der Waals surface area contributed by atoms with Gasteiger partial charge in [0.15, 0.2) is 10.8 Å². The molecule has 1 saturated heterocycles. The van der Waals surface area contributed by atoms with E-state index in [1.807, 2.05) is 6.92 Å². The summed E-state index contributed by atoms with van der Waals surface area (Å²) < 4.78 is 22.6. The molecular weight excluding hydrogens is 336 g/mol. The lowest BCUT2D eigenvalue weighted by Crippen LogP contribution is -2.90. The van der Waals surface area contributed by atoms with Crippen molar-refractivity contribution in [3.63, 3.8) is 0 Å². The van der Waals surface area contributed by atoms with Gasteiger partial charge in [0, 0.05) is 5.56 Å². The zero-order chi connectivity index (χ0) is 18.7. The Bertz CT molecular complexity index is 903. The largest absolute Gasteiger partial charge is 0.497 e. The quantitative estimate of drug-likeness (QED) is 0.739. The highest BCUT2D eigenvalue weighted by Gasteiger charge is 2.98. The van der Waals surface area contributed by atoms with Gasteiger partial charge in [-0.15, -0.1) is 0 Å². The lowest BCUT2D eigenvalue weighted by molar-refractivity contribution is -0.677. The number of nitrogens with two attached hydrogens (primary N) is 1. The maximum Gasteiger partial charge on any atom is 0.343 e. The van der Waals surface area contributed by atoms with Crippen LogP contribution in [0.15, 0.2) is 18.2 Å². The fourth-order valence-corrected chi connectivity index (χ4v) is 4.50. The minimum atomic E-state index is -1.46. The van der Waals surface area contributed by atoms with Gasteiger partial charge in [-0.1, -0.05) is 0 Å². The normalized spacial score (nSPS) is 39.7. The fourth-order valence-electron chi connectivity index (χ4n) is 4.50. The van der Waals surface area contributed by atoms with E-state index in [0.717, 1.165) is 0 Å². The number of benzene rings is 1.